The Morgan fingerprint density at radius 2 is 2.15 bits per heavy atom. The molecule has 1 N–H and O–H groups in total. The first kappa shape index (κ1) is 9.81. The van der Waals surface area contributed by atoms with Crippen LogP contribution in [0.25, 0.3) is 5.57 Å². The number of aliphatic hydroxyl groups is 1. The van der Waals surface area contributed by atoms with Crippen molar-refractivity contribution in [3.63, 3.8) is 0 Å². The van der Waals surface area contributed by atoms with Crippen LogP contribution in [-0.4, -0.2) is 18.8 Å². The SMILES string of the molecule is COc1ccccc1/C(C)=C/CO. The third-order valence-corrected chi connectivity index (χ3v) is 1.93. The van der Waals surface area contributed by atoms with E-state index in [0.717, 1.165) is 16.9 Å². The second-order valence-electron chi connectivity index (χ2n) is 2.77. The average molecular weight is 178 g/mol. The third kappa shape index (κ3) is 2.33. The molecule has 13 heavy (non-hydrogen) atoms. The van der Waals surface area contributed by atoms with Gasteiger partial charge in [0.05, 0.1) is 13.7 Å². The lowest BCUT2D eigenvalue weighted by molar-refractivity contribution is 0.343. The van der Waals surface area contributed by atoms with Gasteiger partial charge in [0, 0.05) is 5.56 Å². The molecule has 1 aromatic carbocycles. The Kier molecular flexibility index (Phi) is 3.53. The first-order chi connectivity index (χ1) is 6.29. The Balaban J connectivity index is 3.05. The van der Waals surface area contributed by atoms with Gasteiger partial charge in [0.1, 0.15) is 5.75 Å². The Hall–Kier alpha value is -1.28. The van der Waals surface area contributed by atoms with Crippen LogP contribution in [0, 0.1) is 0 Å². The fourth-order valence-electron chi connectivity index (χ4n) is 1.22. The summed E-state index contributed by atoms with van der Waals surface area (Å²) in [5, 5.41) is 8.74. The highest BCUT2D eigenvalue weighted by Crippen LogP contribution is 2.24. The summed E-state index contributed by atoms with van der Waals surface area (Å²) in [6, 6.07) is 7.76. The molecule has 0 aliphatic heterocycles. The topological polar surface area (TPSA) is 29.5 Å². The maximum Gasteiger partial charge on any atom is 0.126 e. The second-order valence-corrected chi connectivity index (χ2v) is 2.77. The van der Waals surface area contributed by atoms with Crippen molar-refractivity contribution in [1.29, 1.82) is 0 Å². The minimum absolute atomic E-state index is 0.0594. The lowest BCUT2D eigenvalue weighted by Crippen LogP contribution is -1.89. The van der Waals surface area contributed by atoms with Crippen molar-refractivity contribution in [3.8, 4) is 5.75 Å². The Morgan fingerprint density at radius 3 is 2.77 bits per heavy atom. The number of benzene rings is 1. The van der Waals surface area contributed by atoms with Gasteiger partial charge in [-0.25, -0.2) is 0 Å². The summed E-state index contributed by atoms with van der Waals surface area (Å²) in [5.41, 5.74) is 2.05. The van der Waals surface area contributed by atoms with E-state index in [4.69, 9.17) is 9.84 Å². The molecule has 2 heteroatoms. The summed E-state index contributed by atoms with van der Waals surface area (Å²) >= 11 is 0. The number of para-hydroxylation sites is 1. The smallest absolute Gasteiger partial charge is 0.126 e. The monoisotopic (exact) mass is 178 g/mol. The van der Waals surface area contributed by atoms with Crippen molar-refractivity contribution in [2.24, 2.45) is 0 Å². The Morgan fingerprint density at radius 1 is 1.46 bits per heavy atom. The van der Waals surface area contributed by atoms with Gasteiger partial charge in [-0.05, 0) is 18.6 Å². The van der Waals surface area contributed by atoms with Crippen LogP contribution in [0.5, 0.6) is 5.75 Å². The molecule has 0 aliphatic carbocycles. The molecule has 0 fully saturated rings. The predicted octanol–water partition coefficient (Wildman–Crippen LogP) is 2.09. The molecule has 2 nitrogen and oxygen atoms in total. The van der Waals surface area contributed by atoms with Crippen LogP contribution < -0.4 is 4.74 Å². The van der Waals surface area contributed by atoms with E-state index in [2.05, 4.69) is 0 Å². The normalized spacial score (nSPS) is 11.5. The van der Waals surface area contributed by atoms with E-state index < -0.39 is 0 Å². The number of methoxy groups -OCH3 is 1. The minimum Gasteiger partial charge on any atom is -0.496 e. The van der Waals surface area contributed by atoms with Crippen LogP contribution in [0.1, 0.15) is 12.5 Å². The maximum atomic E-state index is 8.74. The Labute approximate surface area is 78.5 Å². The summed E-state index contributed by atoms with van der Waals surface area (Å²) in [6.45, 7) is 2.01. The van der Waals surface area contributed by atoms with Crippen molar-refractivity contribution < 1.29 is 9.84 Å². The van der Waals surface area contributed by atoms with E-state index in [1.807, 2.05) is 31.2 Å². The molecule has 0 radical (unpaired) electrons. The molecule has 0 aromatic heterocycles. The van der Waals surface area contributed by atoms with Crippen LogP contribution in [0.4, 0.5) is 0 Å². The molecule has 0 saturated heterocycles. The molecule has 0 unspecified atom stereocenters. The summed E-state index contributed by atoms with van der Waals surface area (Å²) in [5.74, 6) is 0.838. The zero-order valence-electron chi connectivity index (χ0n) is 7.95. The lowest BCUT2D eigenvalue weighted by atomic mass is 10.1. The number of allylic oxidation sites excluding steroid dienone is 1. The first-order valence-corrected chi connectivity index (χ1v) is 4.20. The zero-order chi connectivity index (χ0) is 9.68. The Bertz CT molecular complexity index is 303. The van der Waals surface area contributed by atoms with Crippen LogP contribution in [-0.2, 0) is 0 Å². The van der Waals surface area contributed by atoms with E-state index in [1.54, 1.807) is 13.2 Å². The number of hydrogen-bond donors (Lipinski definition) is 1. The van der Waals surface area contributed by atoms with Gasteiger partial charge >= 0.3 is 0 Å². The van der Waals surface area contributed by atoms with Gasteiger partial charge < -0.3 is 9.84 Å². The largest absolute Gasteiger partial charge is 0.496 e. The first-order valence-electron chi connectivity index (χ1n) is 4.20. The van der Waals surface area contributed by atoms with E-state index in [-0.39, 0.29) is 6.61 Å². The van der Waals surface area contributed by atoms with Crippen molar-refractivity contribution >= 4 is 5.57 Å². The van der Waals surface area contributed by atoms with E-state index in [9.17, 15) is 0 Å². The van der Waals surface area contributed by atoms with E-state index in [0.29, 0.717) is 0 Å². The van der Waals surface area contributed by atoms with Gasteiger partial charge in [0.2, 0.25) is 0 Å². The molecule has 0 aliphatic rings. The highest BCUT2D eigenvalue weighted by Gasteiger charge is 2.01. The van der Waals surface area contributed by atoms with Crippen molar-refractivity contribution in [1.82, 2.24) is 0 Å². The van der Waals surface area contributed by atoms with E-state index in [1.165, 1.54) is 0 Å². The van der Waals surface area contributed by atoms with Gasteiger partial charge in [0.15, 0.2) is 0 Å². The molecular weight excluding hydrogens is 164 g/mol. The van der Waals surface area contributed by atoms with Crippen LogP contribution in [0.2, 0.25) is 0 Å². The molecule has 1 aromatic rings. The molecule has 0 amide bonds. The summed E-state index contributed by atoms with van der Waals surface area (Å²) in [6.07, 6.45) is 1.76. The predicted molar refractivity (Wildman–Crippen MR) is 53.7 cm³/mol. The fraction of sp³-hybridized carbons (Fsp3) is 0.273. The fourth-order valence-corrected chi connectivity index (χ4v) is 1.22. The molecule has 0 heterocycles. The van der Waals surface area contributed by atoms with Crippen LogP contribution >= 0.6 is 0 Å². The summed E-state index contributed by atoms with van der Waals surface area (Å²) < 4.78 is 5.19. The van der Waals surface area contributed by atoms with Gasteiger partial charge in [-0.2, -0.15) is 0 Å². The summed E-state index contributed by atoms with van der Waals surface area (Å²) in [4.78, 5) is 0. The highest BCUT2D eigenvalue weighted by atomic mass is 16.5. The number of rotatable bonds is 3. The third-order valence-electron chi connectivity index (χ3n) is 1.93. The molecule has 0 saturated carbocycles. The highest BCUT2D eigenvalue weighted by molar-refractivity contribution is 5.68. The van der Waals surface area contributed by atoms with Gasteiger partial charge in [-0.3, -0.25) is 0 Å². The zero-order valence-corrected chi connectivity index (χ0v) is 7.95. The average Bonchev–Trinajstić information content (AvgIpc) is 2.18. The van der Waals surface area contributed by atoms with Crippen LogP contribution in [0.15, 0.2) is 30.3 Å². The minimum atomic E-state index is 0.0594. The van der Waals surface area contributed by atoms with Crippen molar-refractivity contribution in [2.75, 3.05) is 13.7 Å². The summed E-state index contributed by atoms with van der Waals surface area (Å²) in [7, 11) is 1.64. The maximum absolute atomic E-state index is 8.74. The van der Waals surface area contributed by atoms with Crippen molar-refractivity contribution in [3.05, 3.63) is 35.9 Å². The van der Waals surface area contributed by atoms with Crippen LogP contribution in [0.3, 0.4) is 0 Å². The number of hydrogen-bond acceptors (Lipinski definition) is 2. The quantitative estimate of drug-likeness (QED) is 0.768. The van der Waals surface area contributed by atoms with Gasteiger partial charge in [0.25, 0.3) is 0 Å². The second kappa shape index (κ2) is 4.67. The standard InChI is InChI=1S/C11H14O2/c1-9(7-8-12)10-5-3-4-6-11(10)13-2/h3-7,12H,8H2,1-2H3/b9-7+. The molecule has 0 atom stereocenters. The number of ether oxygens (including phenoxy) is 1. The number of aliphatic hydroxyl groups excluding tert-OH is 1. The van der Waals surface area contributed by atoms with Gasteiger partial charge in [-0.1, -0.05) is 24.3 Å². The van der Waals surface area contributed by atoms with Crippen molar-refractivity contribution in [2.45, 2.75) is 6.92 Å². The van der Waals surface area contributed by atoms with Gasteiger partial charge in [-0.15, -0.1) is 0 Å². The molecule has 0 spiro atoms. The van der Waals surface area contributed by atoms with E-state index >= 15 is 0 Å². The molecule has 0 bridgehead atoms. The molecule has 1 rings (SSSR count). The molecule has 70 valence electrons. The lowest BCUT2D eigenvalue weighted by Gasteiger charge is -2.07. The molecular formula is C11H14O2.